The maximum absolute atomic E-state index is 12.5. The summed E-state index contributed by atoms with van der Waals surface area (Å²) in [5.74, 6) is -1.34. The van der Waals surface area contributed by atoms with Gasteiger partial charge in [-0.15, -0.1) is 0 Å². The molecule has 4 nitrogen and oxygen atoms in total. The zero-order valence-electron chi connectivity index (χ0n) is 12.3. The summed E-state index contributed by atoms with van der Waals surface area (Å²) in [5.41, 5.74) is 0.978. The summed E-state index contributed by atoms with van der Waals surface area (Å²) in [7, 11) is 1.77. The average molecular weight is 310 g/mol. The highest BCUT2D eigenvalue weighted by atomic mass is 35.5. The number of nitrogens with zero attached hydrogens (tertiary/aromatic N) is 1. The van der Waals surface area contributed by atoms with Crippen LogP contribution in [0.5, 0.6) is 0 Å². The molecular formula is C16H20ClNO3. The summed E-state index contributed by atoms with van der Waals surface area (Å²) >= 11 is 5.99. The number of halogens is 1. The molecule has 0 aliphatic heterocycles. The molecule has 1 aromatic carbocycles. The molecule has 1 aliphatic rings. The van der Waals surface area contributed by atoms with Gasteiger partial charge in [-0.05, 0) is 43.9 Å². The Morgan fingerprint density at radius 3 is 2.57 bits per heavy atom. The standard InChI is InChI=1S/C16H20ClNO3/c1-10(11-4-3-5-14(17)9-11)18(2)15(19)12-6-7-13(8-12)16(20)21/h3-5,9-10,12-13H,6-8H2,1-2H3,(H,20,21)/t10?,12-,13+/m1/s1. The molecule has 1 saturated carbocycles. The molecule has 3 atom stereocenters. The van der Waals surface area contributed by atoms with Crippen molar-refractivity contribution in [3.05, 3.63) is 34.9 Å². The summed E-state index contributed by atoms with van der Waals surface area (Å²) in [6, 6.07) is 7.37. The smallest absolute Gasteiger partial charge is 0.306 e. The molecular weight excluding hydrogens is 290 g/mol. The minimum absolute atomic E-state index is 0.0197. The summed E-state index contributed by atoms with van der Waals surface area (Å²) in [6.45, 7) is 1.95. The Morgan fingerprint density at radius 2 is 2.00 bits per heavy atom. The Bertz CT molecular complexity index is 546. The van der Waals surface area contributed by atoms with Crippen LogP contribution in [0.25, 0.3) is 0 Å². The highest BCUT2D eigenvalue weighted by Gasteiger charge is 2.36. The molecule has 0 spiro atoms. The molecule has 1 aromatic rings. The van der Waals surface area contributed by atoms with Gasteiger partial charge < -0.3 is 10.0 Å². The molecule has 1 fully saturated rings. The van der Waals surface area contributed by atoms with Gasteiger partial charge in [0, 0.05) is 18.0 Å². The summed E-state index contributed by atoms with van der Waals surface area (Å²) in [6.07, 6.45) is 1.69. The Labute approximate surface area is 129 Å². The molecule has 0 heterocycles. The number of aliphatic carboxylic acids is 1. The molecule has 1 aliphatic carbocycles. The summed E-state index contributed by atoms with van der Waals surface area (Å²) in [4.78, 5) is 25.2. The maximum atomic E-state index is 12.5. The fourth-order valence-corrected chi connectivity index (χ4v) is 3.10. The van der Waals surface area contributed by atoms with Gasteiger partial charge in [0.05, 0.1) is 12.0 Å². The van der Waals surface area contributed by atoms with E-state index in [1.807, 2.05) is 25.1 Å². The molecule has 0 radical (unpaired) electrons. The molecule has 1 amide bonds. The van der Waals surface area contributed by atoms with Gasteiger partial charge in [-0.25, -0.2) is 0 Å². The van der Waals surface area contributed by atoms with Crippen molar-refractivity contribution in [3.63, 3.8) is 0 Å². The lowest BCUT2D eigenvalue weighted by molar-refractivity contribution is -0.141. The van der Waals surface area contributed by atoms with E-state index in [4.69, 9.17) is 16.7 Å². The molecule has 0 aromatic heterocycles. The molecule has 5 heteroatoms. The number of carboxylic acid groups (broad SMARTS) is 1. The number of carboxylic acids is 1. The lowest BCUT2D eigenvalue weighted by Crippen LogP contribution is -2.34. The number of hydrogen-bond acceptors (Lipinski definition) is 2. The second-order valence-electron chi connectivity index (χ2n) is 5.73. The zero-order chi connectivity index (χ0) is 15.6. The molecule has 0 saturated heterocycles. The second-order valence-corrected chi connectivity index (χ2v) is 6.16. The van der Waals surface area contributed by atoms with Gasteiger partial charge in [-0.2, -0.15) is 0 Å². The van der Waals surface area contributed by atoms with Crippen molar-refractivity contribution in [1.29, 1.82) is 0 Å². The third-order valence-corrected chi connectivity index (χ3v) is 4.63. The van der Waals surface area contributed by atoms with Crippen LogP contribution >= 0.6 is 11.6 Å². The van der Waals surface area contributed by atoms with Crippen LogP contribution in [0.3, 0.4) is 0 Å². The lowest BCUT2D eigenvalue weighted by atomic mass is 10.0. The van der Waals surface area contributed by atoms with Crippen molar-refractivity contribution < 1.29 is 14.7 Å². The number of benzene rings is 1. The van der Waals surface area contributed by atoms with E-state index in [1.54, 1.807) is 18.0 Å². The van der Waals surface area contributed by atoms with E-state index in [9.17, 15) is 9.59 Å². The van der Waals surface area contributed by atoms with Gasteiger partial charge in [0.2, 0.25) is 5.91 Å². The van der Waals surface area contributed by atoms with Gasteiger partial charge in [0.25, 0.3) is 0 Å². The van der Waals surface area contributed by atoms with Crippen molar-refractivity contribution in [2.24, 2.45) is 11.8 Å². The topological polar surface area (TPSA) is 57.6 Å². The minimum Gasteiger partial charge on any atom is -0.481 e. The third kappa shape index (κ3) is 3.56. The first-order valence-electron chi connectivity index (χ1n) is 7.15. The van der Waals surface area contributed by atoms with Gasteiger partial charge in [0.15, 0.2) is 0 Å². The first kappa shape index (κ1) is 15.8. The van der Waals surface area contributed by atoms with Crippen molar-refractivity contribution >= 4 is 23.5 Å². The number of hydrogen-bond donors (Lipinski definition) is 1. The van der Waals surface area contributed by atoms with Crippen LogP contribution in [-0.2, 0) is 9.59 Å². The fourth-order valence-electron chi connectivity index (χ4n) is 2.90. The summed E-state index contributed by atoms with van der Waals surface area (Å²) < 4.78 is 0. The van der Waals surface area contributed by atoms with Crippen molar-refractivity contribution in [2.75, 3.05) is 7.05 Å². The first-order valence-corrected chi connectivity index (χ1v) is 7.53. The van der Waals surface area contributed by atoms with Gasteiger partial charge in [-0.3, -0.25) is 9.59 Å². The minimum atomic E-state index is -0.796. The zero-order valence-corrected chi connectivity index (χ0v) is 13.0. The largest absolute Gasteiger partial charge is 0.481 e. The van der Waals surface area contributed by atoms with Crippen LogP contribution in [0, 0.1) is 11.8 Å². The molecule has 0 bridgehead atoms. The first-order chi connectivity index (χ1) is 9.90. The SMILES string of the molecule is CC(c1cccc(Cl)c1)N(C)C(=O)[C@@H]1CC[C@H](C(=O)O)C1. The Morgan fingerprint density at radius 1 is 1.33 bits per heavy atom. The average Bonchev–Trinajstić information content (AvgIpc) is 2.95. The van der Waals surface area contributed by atoms with Gasteiger partial charge in [0.1, 0.15) is 0 Å². The van der Waals surface area contributed by atoms with E-state index in [0.29, 0.717) is 24.3 Å². The normalized spacial score (nSPS) is 22.8. The van der Waals surface area contributed by atoms with Crippen LogP contribution < -0.4 is 0 Å². The quantitative estimate of drug-likeness (QED) is 0.927. The van der Waals surface area contributed by atoms with Crippen molar-refractivity contribution in [2.45, 2.75) is 32.2 Å². The van der Waals surface area contributed by atoms with Crippen LogP contribution in [-0.4, -0.2) is 28.9 Å². The third-order valence-electron chi connectivity index (χ3n) is 4.39. The van der Waals surface area contributed by atoms with E-state index >= 15 is 0 Å². The van der Waals surface area contributed by atoms with E-state index in [1.165, 1.54) is 0 Å². The second kappa shape index (κ2) is 6.48. The lowest BCUT2D eigenvalue weighted by Gasteiger charge is -2.28. The van der Waals surface area contributed by atoms with E-state index in [0.717, 1.165) is 5.56 Å². The number of carbonyl (C=O) groups is 2. The highest BCUT2D eigenvalue weighted by molar-refractivity contribution is 6.30. The molecule has 21 heavy (non-hydrogen) atoms. The molecule has 1 unspecified atom stereocenters. The predicted octanol–water partition coefficient (Wildman–Crippen LogP) is 3.36. The predicted molar refractivity (Wildman–Crippen MR) is 81.1 cm³/mol. The Balaban J connectivity index is 2.04. The van der Waals surface area contributed by atoms with E-state index in [2.05, 4.69) is 0 Å². The van der Waals surface area contributed by atoms with Crippen molar-refractivity contribution in [3.8, 4) is 0 Å². The number of amides is 1. The monoisotopic (exact) mass is 309 g/mol. The van der Waals surface area contributed by atoms with Crippen LogP contribution in [0.2, 0.25) is 5.02 Å². The van der Waals surface area contributed by atoms with Crippen LogP contribution in [0.15, 0.2) is 24.3 Å². The molecule has 1 N–H and O–H groups in total. The number of carbonyl (C=O) groups excluding carboxylic acids is 1. The Kier molecular flexibility index (Phi) is 4.88. The van der Waals surface area contributed by atoms with Crippen LogP contribution in [0.4, 0.5) is 0 Å². The molecule has 2 rings (SSSR count). The Hall–Kier alpha value is -1.55. The van der Waals surface area contributed by atoms with Gasteiger partial charge in [-0.1, -0.05) is 23.7 Å². The van der Waals surface area contributed by atoms with E-state index in [-0.39, 0.29) is 23.8 Å². The summed E-state index contributed by atoms with van der Waals surface area (Å²) in [5, 5.41) is 9.67. The maximum Gasteiger partial charge on any atom is 0.306 e. The number of rotatable bonds is 4. The fraction of sp³-hybridized carbons (Fsp3) is 0.500. The highest BCUT2D eigenvalue weighted by Crippen LogP contribution is 2.34. The van der Waals surface area contributed by atoms with Crippen LogP contribution in [0.1, 0.15) is 37.8 Å². The van der Waals surface area contributed by atoms with Crippen molar-refractivity contribution in [1.82, 2.24) is 4.90 Å². The van der Waals surface area contributed by atoms with Gasteiger partial charge >= 0.3 is 5.97 Å². The van der Waals surface area contributed by atoms with E-state index < -0.39 is 5.97 Å². The molecule has 114 valence electrons.